The van der Waals surface area contributed by atoms with E-state index in [-0.39, 0.29) is 36.5 Å². The van der Waals surface area contributed by atoms with Gasteiger partial charge in [0.25, 0.3) is 0 Å². The van der Waals surface area contributed by atoms with Gasteiger partial charge in [0.05, 0.1) is 24.3 Å². The van der Waals surface area contributed by atoms with E-state index in [0.29, 0.717) is 13.2 Å². The van der Waals surface area contributed by atoms with Crippen molar-refractivity contribution in [2.45, 2.75) is 12.2 Å². The second-order valence-electron chi connectivity index (χ2n) is 4.65. The van der Waals surface area contributed by atoms with Crippen molar-refractivity contribution < 1.29 is 28.5 Å². The van der Waals surface area contributed by atoms with Crippen LogP contribution in [0.25, 0.3) is 0 Å². The number of carbonyl (C=O) groups is 2. The number of carbonyl (C=O) groups excluding carboxylic acids is 2. The number of hydrogen-bond donors (Lipinski definition) is 0. The third kappa shape index (κ3) is 3.34. The quantitative estimate of drug-likeness (QED) is 0.565. The monoisotopic (exact) mass is 278 g/mol. The highest BCUT2D eigenvalue weighted by Crippen LogP contribution is 2.16. The summed E-state index contributed by atoms with van der Waals surface area (Å²) in [6, 6.07) is 6.43. The third-order valence-electron chi connectivity index (χ3n) is 2.97. The van der Waals surface area contributed by atoms with E-state index in [4.69, 9.17) is 18.9 Å². The molecule has 2 fully saturated rings. The van der Waals surface area contributed by atoms with Crippen LogP contribution < -0.4 is 0 Å². The summed E-state index contributed by atoms with van der Waals surface area (Å²) in [5.74, 6) is -1.09. The van der Waals surface area contributed by atoms with Crippen molar-refractivity contribution in [2.75, 3.05) is 26.4 Å². The molecule has 2 heterocycles. The highest BCUT2D eigenvalue weighted by atomic mass is 16.6. The van der Waals surface area contributed by atoms with Crippen molar-refractivity contribution in [1.29, 1.82) is 0 Å². The lowest BCUT2D eigenvalue weighted by Gasteiger charge is -2.08. The van der Waals surface area contributed by atoms with Crippen LogP contribution in [0, 0.1) is 0 Å². The maximum Gasteiger partial charge on any atom is 0.339 e. The molecule has 0 amide bonds. The van der Waals surface area contributed by atoms with Crippen molar-refractivity contribution in [2.24, 2.45) is 0 Å². The molecule has 0 bridgehead atoms. The van der Waals surface area contributed by atoms with E-state index < -0.39 is 11.9 Å². The maximum absolute atomic E-state index is 11.9. The predicted molar refractivity (Wildman–Crippen MR) is 66.5 cm³/mol. The van der Waals surface area contributed by atoms with Gasteiger partial charge in [-0.15, -0.1) is 0 Å². The van der Waals surface area contributed by atoms with Gasteiger partial charge in [-0.1, -0.05) is 12.1 Å². The SMILES string of the molecule is O=C(OC[C@@H]1CO1)c1ccccc1C(=O)OC[C@@H]1CO1. The molecule has 6 heteroatoms. The first-order valence-corrected chi connectivity index (χ1v) is 6.40. The fourth-order valence-corrected chi connectivity index (χ4v) is 1.66. The summed E-state index contributed by atoms with van der Waals surface area (Å²) in [4.78, 5) is 23.9. The topological polar surface area (TPSA) is 77.7 Å². The molecule has 0 saturated carbocycles. The Balaban J connectivity index is 1.65. The van der Waals surface area contributed by atoms with Crippen molar-refractivity contribution in [1.82, 2.24) is 0 Å². The molecule has 106 valence electrons. The number of rotatable bonds is 6. The zero-order chi connectivity index (χ0) is 13.9. The zero-order valence-corrected chi connectivity index (χ0v) is 10.7. The first kappa shape index (κ1) is 13.1. The van der Waals surface area contributed by atoms with Crippen LogP contribution >= 0.6 is 0 Å². The molecule has 0 aliphatic carbocycles. The molecule has 0 radical (unpaired) electrons. The number of ether oxygens (including phenoxy) is 4. The highest BCUT2D eigenvalue weighted by molar-refractivity contribution is 6.03. The van der Waals surface area contributed by atoms with E-state index in [2.05, 4.69) is 0 Å². The zero-order valence-electron chi connectivity index (χ0n) is 10.7. The molecule has 3 rings (SSSR count). The Kier molecular flexibility index (Phi) is 3.66. The van der Waals surface area contributed by atoms with Crippen molar-refractivity contribution in [3.63, 3.8) is 0 Å². The average molecular weight is 278 g/mol. The molecule has 0 N–H and O–H groups in total. The summed E-state index contributed by atoms with van der Waals surface area (Å²) in [6.45, 7) is 1.63. The van der Waals surface area contributed by atoms with Gasteiger partial charge in [0, 0.05) is 0 Å². The Hall–Kier alpha value is -1.92. The van der Waals surface area contributed by atoms with E-state index >= 15 is 0 Å². The Bertz CT molecular complexity index is 471. The lowest BCUT2D eigenvalue weighted by atomic mass is 10.1. The van der Waals surface area contributed by atoms with Gasteiger partial charge in [-0.25, -0.2) is 9.59 Å². The normalized spacial score (nSPS) is 23.0. The number of benzene rings is 1. The Labute approximate surface area is 115 Å². The molecule has 2 aliphatic rings. The molecule has 2 aliphatic heterocycles. The summed E-state index contributed by atoms with van der Waals surface area (Å²) in [7, 11) is 0. The Morgan fingerprint density at radius 2 is 1.35 bits per heavy atom. The number of epoxide rings is 2. The fourth-order valence-electron chi connectivity index (χ4n) is 1.66. The van der Waals surface area contributed by atoms with Crippen LogP contribution in [0.1, 0.15) is 20.7 Å². The summed E-state index contributed by atoms with van der Waals surface area (Å²) in [5, 5.41) is 0. The second kappa shape index (κ2) is 5.60. The molecule has 2 saturated heterocycles. The lowest BCUT2D eigenvalue weighted by Crippen LogP contribution is -2.17. The van der Waals surface area contributed by atoms with Gasteiger partial charge in [0.1, 0.15) is 25.4 Å². The third-order valence-corrected chi connectivity index (χ3v) is 2.97. The van der Waals surface area contributed by atoms with Crippen LogP contribution in [0.5, 0.6) is 0 Å². The van der Waals surface area contributed by atoms with E-state index in [1.54, 1.807) is 24.3 Å². The number of hydrogen-bond acceptors (Lipinski definition) is 6. The minimum atomic E-state index is -0.546. The standard InChI is InChI=1S/C14H14O6/c15-13(19-7-9-5-17-9)11-3-1-2-4-12(11)14(16)20-8-10-6-18-10/h1-4,9-10H,5-8H2/t9-,10-/m0/s1. The van der Waals surface area contributed by atoms with Crippen LogP contribution in [0.3, 0.4) is 0 Å². The van der Waals surface area contributed by atoms with Gasteiger partial charge in [0.2, 0.25) is 0 Å². The van der Waals surface area contributed by atoms with E-state index in [0.717, 1.165) is 0 Å². The van der Waals surface area contributed by atoms with Crippen LogP contribution in [-0.2, 0) is 18.9 Å². The molecule has 1 aromatic carbocycles. The maximum atomic E-state index is 11.9. The van der Waals surface area contributed by atoms with Gasteiger partial charge in [0.15, 0.2) is 0 Å². The van der Waals surface area contributed by atoms with Crippen LogP contribution in [-0.4, -0.2) is 50.6 Å². The lowest BCUT2D eigenvalue weighted by molar-refractivity contribution is 0.0430. The average Bonchev–Trinajstić information content (AvgIpc) is 3.36. The van der Waals surface area contributed by atoms with E-state index in [9.17, 15) is 9.59 Å². The summed E-state index contributed by atoms with van der Waals surface area (Å²) in [5.41, 5.74) is 0.407. The van der Waals surface area contributed by atoms with Crippen molar-refractivity contribution in [3.05, 3.63) is 35.4 Å². The minimum Gasteiger partial charge on any atom is -0.459 e. The Morgan fingerprint density at radius 1 is 0.950 bits per heavy atom. The molecule has 1 aromatic rings. The molecule has 0 aromatic heterocycles. The van der Waals surface area contributed by atoms with Gasteiger partial charge in [-0.05, 0) is 12.1 Å². The molecule has 0 spiro atoms. The highest BCUT2D eigenvalue weighted by Gasteiger charge is 2.27. The predicted octanol–water partition coefficient (Wildman–Crippen LogP) is 0.798. The van der Waals surface area contributed by atoms with Crippen molar-refractivity contribution in [3.8, 4) is 0 Å². The fraction of sp³-hybridized carbons (Fsp3) is 0.429. The van der Waals surface area contributed by atoms with Crippen LogP contribution in [0.2, 0.25) is 0 Å². The summed E-state index contributed by atoms with van der Waals surface area (Å²) in [6.07, 6.45) is -0.0184. The molecule has 0 unspecified atom stereocenters. The Morgan fingerprint density at radius 3 is 1.70 bits per heavy atom. The first-order chi connectivity index (χ1) is 9.74. The van der Waals surface area contributed by atoms with E-state index in [1.807, 2.05) is 0 Å². The number of esters is 2. The van der Waals surface area contributed by atoms with Gasteiger partial charge < -0.3 is 18.9 Å². The molecule has 2 atom stereocenters. The van der Waals surface area contributed by atoms with E-state index in [1.165, 1.54) is 0 Å². The van der Waals surface area contributed by atoms with Gasteiger partial charge in [-0.3, -0.25) is 0 Å². The van der Waals surface area contributed by atoms with Gasteiger partial charge in [-0.2, -0.15) is 0 Å². The van der Waals surface area contributed by atoms with Crippen LogP contribution in [0.15, 0.2) is 24.3 Å². The molecular weight excluding hydrogens is 264 g/mol. The molecular formula is C14H14O6. The van der Waals surface area contributed by atoms with Crippen LogP contribution in [0.4, 0.5) is 0 Å². The van der Waals surface area contributed by atoms with Gasteiger partial charge >= 0.3 is 11.9 Å². The smallest absolute Gasteiger partial charge is 0.339 e. The largest absolute Gasteiger partial charge is 0.459 e. The van der Waals surface area contributed by atoms with Crippen molar-refractivity contribution >= 4 is 11.9 Å². The summed E-state index contributed by atoms with van der Waals surface area (Å²) < 4.78 is 20.1. The molecule has 6 nitrogen and oxygen atoms in total. The second-order valence-corrected chi connectivity index (χ2v) is 4.65. The summed E-state index contributed by atoms with van der Waals surface area (Å²) >= 11 is 0. The molecule has 20 heavy (non-hydrogen) atoms. The minimum absolute atomic E-state index is 0.00919. The first-order valence-electron chi connectivity index (χ1n) is 6.40.